The molecule has 6 nitrogen and oxygen atoms in total. The van der Waals surface area contributed by atoms with Crippen LogP contribution in [0.4, 0.5) is 5.95 Å². The lowest BCUT2D eigenvalue weighted by atomic mass is 9.96. The molecule has 2 aromatic heterocycles. The zero-order valence-corrected chi connectivity index (χ0v) is 16.0. The lowest BCUT2D eigenvalue weighted by molar-refractivity contribution is -0.125. The van der Waals surface area contributed by atoms with E-state index >= 15 is 0 Å². The number of carbonyl (C=O) groups excluding carboxylic acids is 1. The van der Waals surface area contributed by atoms with Crippen molar-refractivity contribution >= 4 is 11.9 Å². The topological polar surface area (TPSA) is 71.3 Å². The highest BCUT2D eigenvalue weighted by Crippen LogP contribution is 2.23. The van der Waals surface area contributed by atoms with E-state index in [1.807, 2.05) is 61.8 Å². The Hall–Kier alpha value is -3.15. The Kier molecular flexibility index (Phi) is 5.37. The normalized spacial score (nSPS) is 14.8. The number of aryl methyl sites for hydroxylation is 1. The third-order valence-electron chi connectivity index (χ3n) is 5.13. The van der Waals surface area contributed by atoms with Gasteiger partial charge in [-0.2, -0.15) is 0 Å². The van der Waals surface area contributed by atoms with E-state index in [2.05, 4.69) is 20.2 Å². The van der Waals surface area contributed by atoms with Crippen LogP contribution in [0.5, 0.6) is 0 Å². The second-order valence-electron chi connectivity index (χ2n) is 7.13. The summed E-state index contributed by atoms with van der Waals surface area (Å²) in [5.41, 5.74) is 2.11. The maximum Gasteiger partial charge on any atom is 0.225 e. The second-order valence-corrected chi connectivity index (χ2v) is 7.13. The minimum absolute atomic E-state index is 0.0240. The fourth-order valence-electron chi connectivity index (χ4n) is 3.50. The standard InChI is InChI=1S/C22H24N4O2/c1-16-7-8-20(28-16)15-23-21(27)18-9-11-26(12-10-18)22-24-13-19(14-25-22)17-5-3-2-4-6-17/h2-8,13-14,18H,9-12,15H2,1H3,(H,23,27). The maximum absolute atomic E-state index is 12.4. The molecule has 4 rings (SSSR count). The fourth-order valence-corrected chi connectivity index (χ4v) is 3.50. The van der Waals surface area contributed by atoms with Crippen LogP contribution in [0.1, 0.15) is 24.4 Å². The molecule has 3 aromatic rings. The average Bonchev–Trinajstić information content (AvgIpc) is 3.18. The van der Waals surface area contributed by atoms with Crippen molar-refractivity contribution in [1.82, 2.24) is 15.3 Å². The lowest BCUT2D eigenvalue weighted by Gasteiger charge is -2.31. The van der Waals surface area contributed by atoms with E-state index in [0.29, 0.717) is 6.54 Å². The molecule has 28 heavy (non-hydrogen) atoms. The van der Waals surface area contributed by atoms with Gasteiger partial charge in [-0.05, 0) is 37.5 Å². The van der Waals surface area contributed by atoms with Gasteiger partial charge in [-0.25, -0.2) is 9.97 Å². The van der Waals surface area contributed by atoms with Crippen LogP contribution >= 0.6 is 0 Å². The molecule has 0 spiro atoms. The van der Waals surface area contributed by atoms with Gasteiger partial charge in [0.2, 0.25) is 11.9 Å². The SMILES string of the molecule is Cc1ccc(CNC(=O)C2CCN(c3ncc(-c4ccccc4)cn3)CC2)o1. The smallest absolute Gasteiger partial charge is 0.225 e. The molecular weight excluding hydrogens is 352 g/mol. The number of piperidine rings is 1. The number of carbonyl (C=O) groups is 1. The lowest BCUT2D eigenvalue weighted by Crippen LogP contribution is -2.41. The van der Waals surface area contributed by atoms with Gasteiger partial charge in [0.15, 0.2) is 0 Å². The molecule has 1 N–H and O–H groups in total. The number of hydrogen-bond acceptors (Lipinski definition) is 5. The molecule has 0 unspecified atom stereocenters. The van der Waals surface area contributed by atoms with Crippen molar-refractivity contribution in [1.29, 1.82) is 0 Å². The summed E-state index contributed by atoms with van der Waals surface area (Å²) in [5, 5.41) is 2.98. The molecule has 1 fully saturated rings. The number of rotatable bonds is 5. The third-order valence-corrected chi connectivity index (χ3v) is 5.13. The molecule has 3 heterocycles. The molecule has 0 saturated carbocycles. The second kappa shape index (κ2) is 8.25. The monoisotopic (exact) mass is 376 g/mol. The number of furan rings is 1. The number of amides is 1. The van der Waals surface area contributed by atoms with Gasteiger partial charge in [0.05, 0.1) is 6.54 Å². The van der Waals surface area contributed by atoms with Gasteiger partial charge in [-0.3, -0.25) is 4.79 Å². The van der Waals surface area contributed by atoms with Gasteiger partial charge < -0.3 is 14.6 Å². The molecule has 1 aliphatic rings. The largest absolute Gasteiger partial charge is 0.465 e. The van der Waals surface area contributed by atoms with Crippen molar-refractivity contribution in [2.75, 3.05) is 18.0 Å². The Morgan fingerprint density at radius 3 is 2.43 bits per heavy atom. The molecule has 0 atom stereocenters. The first kappa shape index (κ1) is 18.2. The van der Waals surface area contributed by atoms with Crippen molar-refractivity contribution in [2.45, 2.75) is 26.3 Å². The van der Waals surface area contributed by atoms with Gasteiger partial charge in [0.25, 0.3) is 0 Å². The van der Waals surface area contributed by atoms with Gasteiger partial charge in [-0.15, -0.1) is 0 Å². The highest BCUT2D eigenvalue weighted by Gasteiger charge is 2.26. The Balaban J connectivity index is 1.29. The van der Waals surface area contributed by atoms with E-state index < -0.39 is 0 Å². The van der Waals surface area contributed by atoms with E-state index in [4.69, 9.17) is 4.42 Å². The number of nitrogens with zero attached hydrogens (tertiary/aromatic N) is 3. The summed E-state index contributed by atoms with van der Waals surface area (Å²) in [6.45, 7) is 3.90. The molecular formula is C22H24N4O2. The first-order chi connectivity index (χ1) is 13.7. The molecule has 1 aliphatic heterocycles. The van der Waals surface area contributed by atoms with Gasteiger partial charge in [0.1, 0.15) is 11.5 Å². The predicted octanol–water partition coefficient (Wildman–Crippen LogP) is 3.58. The van der Waals surface area contributed by atoms with Crippen LogP contribution in [0.25, 0.3) is 11.1 Å². The minimum Gasteiger partial charge on any atom is -0.465 e. The molecule has 1 aromatic carbocycles. The van der Waals surface area contributed by atoms with Crippen LogP contribution in [0, 0.1) is 12.8 Å². The summed E-state index contributed by atoms with van der Waals surface area (Å²) in [4.78, 5) is 23.6. The number of benzene rings is 1. The Bertz CT molecular complexity index is 913. The number of nitrogens with one attached hydrogen (secondary N) is 1. The fraction of sp³-hybridized carbons (Fsp3) is 0.318. The van der Waals surface area contributed by atoms with Crippen LogP contribution in [0.3, 0.4) is 0 Å². The number of aromatic nitrogens is 2. The Labute approximate surface area is 164 Å². The summed E-state index contributed by atoms with van der Waals surface area (Å²) in [6.07, 6.45) is 5.32. The van der Waals surface area contributed by atoms with E-state index in [9.17, 15) is 4.79 Å². The van der Waals surface area contributed by atoms with Crippen molar-refractivity contribution < 1.29 is 9.21 Å². The Morgan fingerprint density at radius 1 is 1.07 bits per heavy atom. The van der Waals surface area contributed by atoms with Crippen LogP contribution < -0.4 is 10.2 Å². The molecule has 0 aliphatic carbocycles. The zero-order chi connectivity index (χ0) is 19.3. The van der Waals surface area contributed by atoms with Gasteiger partial charge >= 0.3 is 0 Å². The molecule has 144 valence electrons. The first-order valence-electron chi connectivity index (χ1n) is 9.64. The molecule has 0 radical (unpaired) electrons. The summed E-state index contributed by atoms with van der Waals surface area (Å²) < 4.78 is 5.50. The highest BCUT2D eigenvalue weighted by atomic mass is 16.3. The quantitative estimate of drug-likeness (QED) is 0.737. The summed E-state index contributed by atoms with van der Waals surface area (Å²) in [5.74, 6) is 2.49. The van der Waals surface area contributed by atoms with E-state index in [-0.39, 0.29) is 11.8 Å². The summed E-state index contributed by atoms with van der Waals surface area (Å²) in [6, 6.07) is 13.9. The number of hydrogen-bond donors (Lipinski definition) is 1. The van der Waals surface area contributed by atoms with Crippen LogP contribution in [-0.2, 0) is 11.3 Å². The summed E-state index contributed by atoms with van der Waals surface area (Å²) in [7, 11) is 0. The molecule has 1 amide bonds. The van der Waals surface area contributed by atoms with Crippen LogP contribution in [-0.4, -0.2) is 29.0 Å². The zero-order valence-electron chi connectivity index (χ0n) is 16.0. The van der Waals surface area contributed by atoms with Crippen molar-refractivity contribution in [3.63, 3.8) is 0 Å². The third kappa shape index (κ3) is 4.22. The Morgan fingerprint density at radius 2 is 1.79 bits per heavy atom. The number of anilines is 1. The minimum atomic E-state index is 0.0240. The van der Waals surface area contributed by atoms with Crippen LogP contribution in [0.15, 0.2) is 59.3 Å². The van der Waals surface area contributed by atoms with Crippen LogP contribution in [0.2, 0.25) is 0 Å². The maximum atomic E-state index is 12.4. The van der Waals surface area contributed by atoms with E-state index in [0.717, 1.165) is 54.5 Å². The molecule has 0 bridgehead atoms. The predicted molar refractivity (Wildman–Crippen MR) is 108 cm³/mol. The van der Waals surface area contributed by atoms with E-state index in [1.54, 1.807) is 0 Å². The first-order valence-corrected chi connectivity index (χ1v) is 9.64. The van der Waals surface area contributed by atoms with Crippen molar-refractivity contribution in [2.24, 2.45) is 5.92 Å². The van der Waals surface area contributed by atoms with Crippen molar-refractivity contribution in [3.05, 3.63) is 66.4 Å². The van der Waals surface area contributed by atoms with Gasteiger partial charge in [-0.1, -0.05) is 30.3 Å². The van der Waals surface area contributed by atoms with Gasteiger partial charge in [0, 0.05) is 37.0 Å². The average molecular weight is 376 g/mol. The summed E-state index contributed by atoms with van der Waals surface area (Å²) >= 11 is 0. The molecule has 1 saturated heterocycles. The van der Waals surface area contributed by atoms with E-state index in [1.165, 1.54) is 0 Å². The molecule has 6 heteroatoms. The van der Waals surface area contributed by atoms with Crippen molar-refractivity contribution in [3.8, 4) is 11.1 Å². The highest BCUT2D eigenvalue weighted by molar-refractivity contribution is 5.78.